The second-order valence-electron chi connectivity index (χ2n) is 2.89. The Morgan fingerprint density at radius 3 is 2.82 bits per heavy atom. The Morgan fingerprint density at radius 1 is 1.82 bits per heavy atom. The van der Waals surface area contributed by atoms with E-state index in [1.165, 1.54) is 0 Å². The molecule has 3 atom stereocenters. The quantitative estimate of drug-likeness (QED) is 0.643. The zero-order valence-corrected chi connectivity index (χ0v) is 7.30. The summed E-state index contributed by atoms with van der Waals surface area (Å²) in [5.74, 6) is 0.342. The fraction of sp³-hybridized carbons (Fsp3) is 0.857. The zero-order chi connectivity index (χ0) is 8.43. The van der Waals surface area contributed by atoms with Gasteiger partial charge in [0, 0.05) is 5.25 Å². The number of hydrogen-bond donors (Lipinski definition) is 2. The fourth-order valence-corrected chi connectivity index (χ4v) is 2.74. The number of carbonyl (C=O) groups is 1. The van der Waals surface area contributed by atoms with Crippen LogP contribution in [0.3, 0.4) is 0 Å². The summed E-state index contributed by atoms with van der Waals surface area (Å²) in [6.45, 7) is 2.05. The van der Waals surface area contributed by atoms with Crippen molar-refractivity contribution in [2.75, 3.05) is 5.75 Å². The molecule has 1 heterocycles. The van der Waals surface area contributed by atoms with E-state index in [1.807, 2.05) is 18.7 Å². The van der Waals surface area contributed by atoms with E-state index >= 15 is 0 Å². The van der Waals surface area contributed by atoms with Crippen LogP contribution in [0.15, 0.2) is 0 Å². The summed E-state index contributed by atoms with van der Waals surface area (Å²) in [5, 5.41) is 9.03. The molecule has 0 aromatic heterocycles. The molecule has 0 aromatic carbocycles. The van der Waals surface area contributed by atoms with Crippen molar-refractivity contribution in [2.45, 2.75) is 24.6 Å². The minimum absolute atomic E-state index is 0.164. The van der Waals surface area contributed by atoms with Gasteiger partial charge in [0.1, 0.15) is 6.04 Å². The maximum Gasteiger partial charge on any atom is 0.320 e. The topological polar surface area (TPSA) is 63.3 Å². The molecule has 1 fully saturated rings. The first-order valence-corrected chi connectivity index (χ1v) is 4.78. The summed E-state index contributed by atoms with van der Waals surface area (Å²) in [4.78, 5) is 10.5. The lowest BCUT2D eigenvalue weighted by Gasteiger charge is -2.17. The molecule has 0 bridgehead atoms. The highest BCUT2D eigenvalue weighted by molar-refractivity contribution is 8.00. The summed E-state index contributed by atoms with van der Waals surface area (Å²) in [6.07, 6.45) is 0.944. The molecule has 0 spiro atoms. The Morgan fingerprint density at radius 2 is 2.45 bits per heavy atom. The molecule has 0 amide bonds. The first-order chi connectivity index (χ1) is 5.13. The van der Waals surface area contributed by atoms with Gasteiger partial charge >= 0.3 is 5.97 Å². The fourth-order valence-electron chi connectivity index (χ4n) is 1.40. The number of thioether (sulfide) groups is 1. The average molecular weight is 175 g/mol. The molecule has 0 saturated carbocycles. The van der Waals surface area contributed by atoms with Gasteiger partial charge in [-0.05, 0) is 18.1 Å². The lowest BCUT2D eigenvalue weighted by atomic mass is 9.95. The Hall–Kier alpha value is -0.220. The van der Waals surface area contributed by atoms with Crippen LogP contribution >= 0.6 is 11.8 Å². The van der Waals surface area contributed by atoms with Gasteiger partial charge in [-0.25, -0.2) is 0 Å². The molecular formula is C7H13NO2S. The van der Waals surface area contributed by atoms with Gasteiger partial charge in [0.25, 0.3) is 0 Å². The molecule has 1 aliphatic heterocycles. The molecule has 0 aromatic rings. The zero-order valence-electron chi connectivity index (χ0n) is 6.49. The monoisotopic (exact) mass is 175 g/mol. The van der Waals surface area contributed by atoms with Crippen molar-refractivity contribution in [3.05, 3.63) is 0 Å². The average Bonchev–Trinajstić information content (AvgIpc) is 2.33. The summed E-state index contributed by atoms with van der Waals surface area (Å²) < 4.78 is 0. The Balaban J connectivity index is 2.52. The Kier molecular flexibility index (Phi) is 2.78. The van der Waals surface area contributed by atoms with E-state index in [9.17, 15) is 4.79 Å². The maximum atomic E-state index is 10.5. The predicted octanol–water partition coefficient (Wildman–Crippen LogP) is 0.540. The Labute approximate surface area is 70.3 Å². The highest BCUT2D eigenvalue weighted by atomic mass is 32.2. The largest absolute Gasteiger partial charge is 0.480 e. The van der Waals surface area contributed by atoms with Crippen LogP contribution in [0.5, 0.6) is 0 Å². The number of aliphatic carboxylic acids is 1. The molecule has 64 valence electrons. The van der Waals surface area contributed by atoms with Gasteiger partial charge in [-0.2, -0.15) is 11.8 Å². The van der Waals surface area contributed by atoms with Crippen LogP contribution in [0.4, 0.5) is 0 Å². The number of rotatable bonds is 2. The van der Waals surface area contributed by atoms with Crippen molar-refractivity contribution in [3.63, 3.8) is 0 Å². The van der Waals surface area contributed by atoms with Crippen molar-refractivity contribution in [3.8, 4) is 0 Å². The van der Waals surface area contributed by atoms with Gasteiger partial charge in [-0.1, -0.05) is 6.92 Å². The molecule has 3 nitrogen and oxygen atoms in total. The summed E-state index contributed by atoms with van der Waals surface area (Å²) in [6, 6.07) is -0.667. The first-order valence-electron chi connectivity index (χ1n) is 3.73. The van der Waals surface area contributed by atoms with Gasteiger partial charge in [-0.15, -0.1) is 0 Å². The Bertz CT molecular complexity index is 163. The number of nitrogens with two attached hydrogens (primary N) is 1. The summed E-state index contributed by atoms with van der Waals surface area (Å²) in [7, 11) is 0. The normalized spacial score (nSPS) is 33.6. The smallest absolute Gasteiger partial charge is 0.320 e. The minimum Gasteiger partial charge on any atom is -0.480 e. The number of carboxylic acids is 1. The van der Waals surface area contributed by atoms with E-state index < -0.39 is 12.0 Å². The third-order valence-corrected chi connectivity index (χ3v) is 3.53. The molecule has 11 heavy (non-hydrogen) atoms. The standard InChI is InChI=1S/C7H13NO2S/c1-4-5(2-3-11-4)6(8)7(9)10/h4-6H,2-3,8H2,1H3,(H,9,10). The molecule has 0 aliphatic carbocycles. The third-order valence-electron chi connectivity index (χ3n) is 2.18. The summed E-state index contributed by atoms with van der Waals surface area (Å²) >= 11 is 1.81. The van der Waals surface area contributed by atoms with Crippen LogP contribution in [0.2, 0.25) is 0 Å². The van der Waals surface area contributed by atoms with E-state index in [0.29, 0.717) is 5.25 Å². The number of carboxylic acid groups (broad SMARTS) is 1. The van der Waals surface area contributed by atoms with E-state index in [-0.39, 0.29) is 5.92 Å². The molecule has 0 radical (unpaired) electrons. The molecule has 1 aliphatic rings. The van der Waals surface area contributed by atoms with Crippen LogP contribution in [0.1, 0.15) is 13.3 Å². The van der Waals surface area contributed by atoms with Crippen LogP contribution in [-0.2, 0) is 4.79 Å². The second kappa shape index (κ2) is 3.45. The van der Waals surface area contributed by atoms with Gasteiger partial charge in [0.2, 0.25) is 0 Å². The SMILES string of the molecule is CC1SCCC1C(N)C(=O)O. The molecular weight excluding hydrogens is 162 g/mol. The van der Waals surface area contributed by atoms with Crippen LogP contribution < -0.4 is 5.73 Å². The molecule has 3 N–H and O–H groups in total. The molecule has 1 rings (SSSR count). The van der Waals surface area contributed by atoms with Gasteiger partial charge < -0.3 is 10.8 Å². The molecule has 4 heteroatoms. The van der Waals surface area contributed by atoms with Crippen LogP contribution in [0, 0.1) is 5.92 Å². The third kappa shape index (κ3) is 1.87. The van der Waals surface area contributed by atoms with Crippen molar-refractivity contribution in [2.24, 2.45) is 11.7 Å². The maximum absolute atomic E-state index is 10.5. The lowest BCUT2D eigenvalue weighted by molar-refractivity contribution is -0.139. The van der Waals surface area contributed by atoms with E-state index in [0.717, 1.165) is 12.2 Å². The van der Waals surface area contributed by atoms with Crippen LogP contribution in [-0.4, -0.2) is 28.1 Å². The second-order valence-corrected chi connectivity index (χ2v) is 4.38. The number of hydrogen-bond acceptors (Lipinski definition) is 3. The highest BCUT2D eigenvalue weighted by Gasteiger charge is 2.32. The molecule has 1 saturated heterocycles. The molecule has 3 unspecified atom stereocenters. The van der Waals surface area contributed by atoms with Crippen molar-refractivity contribution >= 4 is 17.7 Å². The summed E-state index contributed by atoms with van der Waals surface area (Å²) in [5.41, 5.74) is 5.50. The van der Waals surface area contributed by atoms with Gasteiger partial charge in [0.15, 0.2) is 0 Å². The van der Waals surface area contributed by atoms with Gasteiger partial charge in [-0.3, -0.25) is 4.79 Å². The van der Waals surface area contributed by atoms with Crippen molar-refractivity contribution in [1.29, 1.82) is 0 Å². The van der Waals surface area contributed by atoms with E-state index in [4.69, 9.17) is 10.8 Å². The van der Waals surface area contributed by atoms with Gasteiger partial charge in [0.05, 0.1) is 0 Å². The van der Waals surface area contributed by atoms with Crippen molar-refractivity contribution < 1.29 is 9.90 Å². The van der Waals surface area contributed by atoms with Crippen molar-refractivity contribution in [1.82, 2.24) is 0 Å². The lowest BCUT2D eigenvalue weighted by Crippen LogP contribution is -2.40. The minimum atomic E-state index is -0.871. The first kappa shape index (κ1) is 8.87. The van der Waals surface area contributed by atoms with Crippen LogP contribution in [0.25, 0.3) is 0 Å². The predicted molar refractivity (Wildman–Crippen MR) is 45.6 cm³/mol. The van der Waals surface area contributed by atoms with E-state index in [1.54, 1.807) is 0 Å². The highest BCUT2D eigenvalue weighted by Crippen LogP contribution is 2.33. The van der Waals surface area contributed by atoms with E-state index in [2.05, 4.69) is 0 Å².